The summed E-state index contributed by atoms with van der Waals surface area (Å²) in [5, 5.41) is 3.06. The van der Waals surface area contributed by atoms with E-state index in [2.05, 4.69) is 20.3 Å². The molecule has 2 N–H and O–H groups in total. The predicted octanol–water partition coefficient (Wildman–Crippen LogP) is 3.28. The molecule has 0 saturated carbocycles. The van der Waals surface area contributed by atoms with Gasteiger partial charge in [-0.15, -0.1) is 0 Å². The van der Waals surface area contributed by atoms with E-state index in [-0.39, 0.29) is 11.6 Å². The SMILES string of the molecule is O=C1NC(N2CCCCCC2)=NC1=Cc1c[nH]c2ncc(C(F)(F)F)cc12. The molecule has 0 unspecified atom stereocenters. The lowest BCUT2D eigenvalue weighted by molar-refractivity contribution is -0.137. The summed E-state index contributed by atoms with van der Waals surface area (Å²) in [5.74, 6) is 0.158. The maximum absolute atomic E-state index is 13.0. The molecule has 0 radical (unpaired) electrons. The van der Waals surface area contributed by atoms with Crippen LogP contribution in [0, 0.1) is 0 Å². The Morgan fingerprint density at radius 1 is 1.15 bits per heavy atom. The van der Waals surface area contributed by atoms with E-state index in [1.54, 1.807) is 0 Å². The van der Waals surface area contributed by atoms with Gasteiger partial charge in [0.2, 0.25) is 5.96 Å². The number of likely N-dealkylation sites (tertiary alicyclic amines) is 1. The van der Waals surface area contributed by atoms with Crippen molar-refractivity contribution in [2.75, 3.05) is 13.1 Å². The highest BCUT2D eigenvalue weighted by Gasteiger charge is 2.31. The van der Waals surface area contributed by atoms with E-state index >= 15 is 0 Å². The lowest BCUT2D eigenvalue weighted by Gasteiger charge is -2.20. The van der Waals surface area contributed by atoms with Crippen LogP contribution >= 0.6 is 0 Å². The first-order valence-electron chi connectivity index (χ1n) is 8.83. The number of nitrogens with zero attached hydrogens (tertiary/aromatic N) is 3. The Labute approximate surface area is 153 Å². The van der Waals surface area contributed by atoms with Crippen LogP contribution in [0.25, 0.3) is 17.1 Å². The summed E-state index contributed by atoms with van der Waals surface area (Å²) in [7, 11) is 0. The number of hydrogen-bond acceptors (Lipinski definition) is 4. The van der Waals surface area contributed by atoms with E-state index < -0.39 is 11.7 Å². The quantitative estimate of drug-likeness (QED) is 0.749. The van der Waals surface area contributed by atoms with Gasteiger partial charge in [-0.05, 0) is 25.0 Å². The van der Waals surface area contributed by atoms with Crippen molar-refractivity contribution in [1.82, 2.24) is 20.2 Å². The van der Waals surface area contributed by atoms with Gasteiger partial charge in [0.1, 0.15) is 11.3 Å². The van der Waals surface area contributed by atoms with Crippen LogP contribution in [-0.2, 0) is 11.0 Å². The van der Waals surface area contributed by atoms with Crippen molar-refractivity contribution < 1.29 is 18.0 Å². The Balaban J connectivity index is 1.67. The number of aromatic amines is 1. The molecule has 0 spiro atoms. The van der Waals surface area contributed by atoms with Gasteiger partial charge in [-0.2, -0.15) is 13.2 Å². The zero-order valence-corrected chi connectivity index (χ0v) is 14.4. The number of amides is 1. The number of pyridine rings is 1. The number of fused-ring (bicyclic) bond motifs is 1. The molecule has 27 heavy (non-hydrogen) atoms. The molecule has 2 aromatic rings. The number of nitrogens with one attached hydrogen (secondary N) is 2. The molecular weight excluding hydrogens is 359 g/mol. The molecule has 0 atom stereocenters. The van der Waals surface area contributed by atoms with Gasteiger partial charge < -0.3 is 9.88 Å². The third kappa shape index (κ3) is 3.54. The summed E-state index contributed by atoms with van der Waals surface area (Å²) in [6.45, 7) is 1.66. The van der Waals surface area contributed by atoms with Crippen LogP contribution in [0.3, 0.4) is 0 Å². The van der Waals surface area contributed by atoms with E-state index in [1.165, 1.54) is 12.3 Å². The third-order valence-electron chi connectivity index (χ3n) is 4.77. The molecule has 0 bridgehead atoms. The van der Waals surface area contributed by atoms with E-state index in [0.717, 1.165) is 51.0 Å². The number of guanidine groups is 1. The minimum atomic E-state index is -4.48. The zero-order chi connectivity index (χ0) is 19.0. The van der Waals surface area contributed by atoms with E-state index in [9.17, 15) is 18.0 Å². The first-order chi connectivity index (χ1) is 12.9. The molecule has 2 aliphatic rings. The average molecular weight is 377 g/mol. The fraction of sp³-hybridized carbons (Fsp3) is 0.389. The second-order valence-electron chi connectivity index (χ2n) is 6.68. The molecule has 1 fully saturated rings. The summed E-state index contributed by atoms with van der Waals surface area (Å²) in [4.78, 5) is 25.3. The molecule has 6 nitrogen and oxygen atoms in total. The third-order valence-corrected chi connectivity index (χ3v) is 4.77. The molecule has 9 heteroatoms. The summed E-state index contributed by atoms with van der Waals surface area (Å²) >= 11 is 0. The normalized spacial score (nSPS) is 20.1. The maximum atomic E-state index is 13.0. The Bertz CT molecular complexity index is 936. The largest absolute Gasteiger partial charge is 0.417 e. The number of H-pyrrole nitrogens is 1. The number of aromatic nitrogens is 2. The second kappa shape index (κ2) is 6.71. The lowest BCUT2D eigenvalue weighted by atomic mass is 10.1. The van der Waals surface area contributed by atoms with Crippen molar-refractivity contribution >= 4 is 29.0 Å². The van der Waals surface area contributed by atoms with Crippen LogP contribution in [-0.4, -0.2) is 39.8 Å². The fourth-order valence-corrected chi connectivity index (χ4v) is 3.33. The van der Waals surface area contributed by atoms with Gasteiger partial charge in [0, 0.05) is 36.4 Å². The van der Waals surface area contributed by atoms with Crippen molar-refractivity contribution in [1.29, 1.82) is 0 Å². The predicted molar refractivity (Wildman–Crippen MR) is 94.7 cm³/mol. The molecule has 4 heterocycles. The number of halogens is 3. The van der Waals surface area contributed by atoms with Crippen molar-refractivity contribution in [2.45, 2.75) is 31.9 Å². The minimum absolute atomic E-state index is 0.174. The summed E-state index contributed by atoms with van der Waals surface area (Å²) in [5.41, 5.74) is 0.103. The summed E-state index contributed by atoms with van der Waals surface area (Å²) < 4.78 is 38.9. The summed E-state index contributed by atoms with van der Waals surface area (Å²) in [6.07, 6.45) is 3.72. The van der Waals surface area contributed by atoms with E-state index in [4.69, 9.17) is 0 Å². The second-order valence-corrected chi connectivity index (χ2v) is 6.68. The molecule has 2 aromatic heterocycles. The van der Waals surface area contributed by atoms with Crippen molar-refractivity contribution in [3.8, 4) is 0 Å². The summed E-state index contributed by atoms with van der Waals surface area (Å²) in [6, 6.07) is 1.03. The van der Waals surface area contributed by atoms with E-state index in [1.807, 2.05) is 4.90 Å². The molecule has 0 aromatic carbocycles. The zero-order valence-electron chi connectivity index (χ0n) is 14.4. The lowest BCUT2D eigenvalue weighted by Crippen LogP contribution is -2.40. The highest BCUT2D eigenvalue weighted by molar-refractivity contribution is 6.14. The molecule has 142 valence electrons. The highest BCUT2D eigenvalue weighted by atomic mass is 19.4. The Morgan fingerprint density at radius 3 is 2.59 bits per heavy atom. The fourth-order valence-electron chi connectivity index (χ4n) is 3.33. The average Bonchev–Trinajstić information content (AvgIpc) is 3.07. The van der Waals surface area contributed by atoms with Gasteiger partial charge in [0.25, 0.3) is 5.91 Å². The first kappa shape index (κ1) is 17.6. The first-order valence-corrected chi connectivity index (χ1v) is 8.83. The Morgan fingerprint density at radius 2 is 1.89 bits per heavy atom. The van der Waals surface area contributed by atoms with Gasteiger partial charge >= 0.3 is 6.18 Å². The molecule has 1 amide bonds. The molecule has 0 aliphatic carbocycles. The van der Waals surface area contributed by atoms with Gasteiger partial charge in [0.05, 0.1) is 5.56 Å². The monoisotopic (exact) mass is 377 g/mol. The number of carbonyl (C=O) groups is 1. The van der Waals surface area contributed by atoms with Crippen LogP contribution in [0.5, 0.6) is 0 Å². The van der Waals surface area contributed by atoms with Crippen molar-refractivity contribution in [3.63, 3.8) is 0 Å². The standard InChI is InChI=1S/C18H18F3N5O/c19-18(20,21)12-8-13-11(9-22-15(13)23-10-12)7-14-16(27)25-17(24-14)26-5-3-1-2-4-6-26/h7-10H,1-6H2,(H,22,23)(H,24,25,27). The van der Waals surface area contributed by atoms with E-state index in [0.29, 0.717) is 22.6 Å². The number of aliphatic imine (C=N–C) groups is 1. The number of alkyl halides is 3. The van der Waals surface area contributed by atoms with Gasteiger partial charge in [-0.1, -0.05) is 12.8 Å². The molecule has 1 saturated heterocycles. The topological polar surface area (TPSA) is 73.4 Å². The van der Waals surface area contributed by atoms with Crippen LogP contribution in [0.15, 0.2) is 29.1 Å². The molecular formula is C18H18F3N5O. The van der Waals surface area contributed by atoms with Crippen LogP contribution in [0.1, 0.15) is 36.8 Å². The Kier molecular flexibility index (Phi) is 4.37. The van der Waals surface area contributed by atoms with Gasteiger partial charge in [0.15, 0.2) is 0 Å². The molecule has 4 rings (SSSR count). The van der Waals surface area contributed by atoms with Gasteiger partial charge in [-0.25, -0.2) is 9.98 Å². The van der Waals surface area contributed by atoms with Crippen molar-refractivity contribution in [2.24, 2.45) is 4.99 Å². The van der Waals surface area contributed by atoms with Crippen LogP contribution < -0.4 is 5.32 Å². The number of hydrogen-bond donors (Lipinski definition) is 2. The number of rotatable bonds is 1. The molecule has 2 aliphatic heterocycles. The highest BCUT2D eigenvalue weighted by Crippen LogP contribution is 2.32. The van der Waals surface area contributed by atoms with Crippen molar-refractivity contribution in [3.05, 3.63) is 35.3 Å². The maximum Gasteiger partial charge on any atom is 0.417 e. The van der Waals surface area contributed by atoms with Gasteiger partial charge in [-0.3, -0.25) is 10.1 Å². The smallest absolute Gasteiger partial charge is 0.346 e. The van der Waals surface area contributed by atoms with Crippen LogP contribution in [0.2, 0.25) is 0 Å². The number of carbonyl (C=O) groups excluding carboxylic acids is 1. The van der Waals surface area contributed by atoms with Crippen LogP contribution in [0.4, 0.5) is 13.2 Å². The Hall–Kier alpha value is -2.84. The minimum Gasteiger partial charge on any atom is -0.346 e.